The van der Waals surface area contributed by atoms with Crippen LogP contribution in [0.3, 0.4) is 0 Å². The normalized spacial score (nSPS) is 10.8. The van der Waals surface area contributed by atoms with E-state index < -0.39 is 0 Å². The van der Waals surface area contributed by atoms with Gasteiger partial charge in [0.2, 0.25) is 0 Å². The van der Waals surface area contributed by atoms with Crippen LogP contribution in [0.5, 0.6) is 0 Å². The molecular weight excluding hydrogens is 242 g/mol. The zero-order valence-electron chi connectivity index (χ0n) is 11.2. The molecule has 0 fully saturated rings. The first-order valence-corrected chi connectivity index (χ1v) is 7.12. The van der Waals surface area contributed by atoms with Crippen LogP contribution in [0.25, 0.3) is 10.6 Å². The molecule has 0 aliphatic heterocycles. The van der Waals surface area contributed by atoms with Crippen molar-refractivity contribution in [3.05, 3.63) is 34.3 Å². The molecule has 0 saturated carbocycles. The molecule has 2 aromatic rings. The summed E-state index contributed by atoms with van der Waals surface area (Å²) in [7, 11) is 0. The van der Waals surface area contributed by atoms with E-state index in [4.69, 9.17) is 0 Å². The Morgan fingerprint density at radius 2 is 1.83 bits per heavy atom. The first kappa shape index (κ1) is 13.2. The first-order chi connectivity index (χ1) is 8.69. The predicted molar refractivity (Wildman–Crippen MR) is 76.8 cm³/mol. The van der Waals surface area contributed by atoms with Crippen LogP contribution in [0.4, 0.5) is 0 Å². The summed E-state index contributed by atoms with van der Waals surface area (Å²) in [5.41, 5.74) is 3.71. The van der Waals surface area contributed by atoms with Gasteiger partial charge in [-0.1, -0.05) is 35.5 Å². The summed E-state index contributed by atoms with van der Waals surface area (Å²) in [5.74, 6) is 0. The van der Waals surface area contributed by atoms with Crippen molar-refractivity contribution < 1.29 is 0 Å². The number of benzene rings is 1. The second-order valence-corrected chi connectivity index (χ2v) is 5.62. The van der Waals surface area contributed by atoms with E-state index in [-0.39, 0.29) is 0 Å². The molecule has 0 aliphatic carbocycles. The maximum atomic E-state index is 4.28. The zero-order chi connectivity index (χ0) is 13.0. The quantitative estimate of drug-likeness (QED) is 0.839. The number of hydrogen-bond donors (Lipinski definition) is 1. The van der Waals surface area contributed by atoms with Gasteiger partial charge in [0.1, 0.15) is 10.0 Å². The van der Waals surface area contributed by atoms with Crippen LogP contribution in [0.2, 0.25) is 0 Å². The molecule has 3 nitrogen and oxygen atoms in total. The lowest BCUT2D eigenvalue weighted by Gasteiger charge is -2.00. The highest BCUT2D eigenvalue weighted by Crippen LogP contribution is 2.25. The molecule has 1 aromatic carbocycles. The topological polar surface area (TPSA) is 37.8 Å². The SMILES string of the molecule is CCCNCc1nnc(-c2cc(C)cc(C)c2)s1. The van der Waals surface area contributed by atoms with Crippen molar-refractivity contribution in [2.24, 2.45) is 0 Å². The van der Waals surface area contributed by atoms with Gasteiger partial charge in [-0.05, 0) is 38.9 Å². The van der Waals surface area contributed by atoms with Crippen LogP contribution in [-0.4, -0.2) is 16.7 Å². The highest BCUT2D eigenvalue weighted by molar-refractivity contribution is 7.14. The highest BCUT2D eigenvalue weighted by atomic mass is 32.1. The Balaban J connectivity index is 2.13. The molecule has 2 rings (SSSR count). The largest absolute Gasteiger partial charge is 0.310 e. The van der Waals surface area contributed by atoms with E-state index in [0.717, 1.165) is 29.5 Å². The van der Waals surface area contributed by atoms with Gasteiger partial charge in [-0.3, -0.25) is 0 Å². The Morgan fingerprint density at radius 1 is 1.11 bits per heavy atom. The summed E-state index contributed by atoms with van der Waals surface area (Å²) in [6.07, 6.45) is 1.14. The van der Waals surface area contributed by atoms with E-state index in [1.165, 1.54) is 16.7 Å². The molecule has 0 atom stereocenters. The Kier molecular flexibility index (Phi) is 4.44. The minimum Gasteiger partial charge on any atom is -0.310 e. The molecule has 0 bridgehead atoms. The molecule has 96 valence electrons. The van der Waals surface area contributed by atoms with Crippen molar-refractivity contribution in [2.75, 3.05) is 6.54 Å². The fourth-order valence-corrected chi connectivity index (χ4v) is 2.71. The van der Waals surface area contributed by atoms with Crippen LogP contribution in [0, 0.1) is 13.8 Å². The molecule has 18 heavy (non-hydrogen) atoms. The molecule has 1 aromatic heterocycles. The number of aromatic nitrogens is 2. The van der Waals surface area contributed by atoms with Crippen molar-refractivity contribution in [3.8, 4) is 10.6 Å². The molecule has 1 N–H and O–H groups in total. The predicted octanol–water partition coefficient (Wildman–Crippen LogP) is 3.32. The summed E-state index contributed by atoms with van der Waals surface area (Å²) in [6, 6.07) is 6.50. The van der Waals surface area contributed by atoms with Crippen molar-refractivity contribution in [1.82, 2.24) is 15.5 Å². The fourth-order valence-electron chi connectivity index (χ4n) is 1.91. The third kappa shape index (κ3) is 3.37. The van der Waals surface area contributed by atoms with Crippen molar-refractivity contribution >= 4 is 11.3 Å². The lowest BCUT2D eigenvalue weighted by Crippen LogP contribution is -2.13. The van der Waals surface area contributed by atoms with Crippen LogP contribution in [-0.2, 0) is 6.54 Å². The summed E-state index contributed by atoms with van der Waals surface area (Å²) in [4.78, 5) is 0. The summed E-state index contributed by atoms with van der Waals surface area (Å²) >= 11 is 1.67. The van der Waals surface area contributed by atoms with E-state index in [2.05, 4.69) is 54.5 Å². The van der Waals surface area contributed by atoms with Gasteiger partial charge < -0.3 is 5.32 Å². The standard InChI is InChI=1S/C14H19N3S/c1-4-5-15-9-13-16-17-14(18-13)12-7-10(2)6-11(3)8-12/h6-8,15H,4-5,9H2,1-3H3. The lowest BCUT2D eigenvalue weighted by atomic mass is 10.1. The third-order valence-corrected chi connectivity index (χ3v) is 3.61. The molecule has 0 radical (unpaired) electrons. The van der Waals surface area contributed by atoms with Gasteiger partial charge in [0, 0.05) is 12.1 Å². The van der Waals surface area contributed by atoms with Gasteiger partial charge in [0.05, 0.1) is 0 Å². The molecule has 0 saturated heterocycles. The summed E-state index contributed by atoms with van der Waals surface area (Å²) in [5, 5.41) is 13.9. The summed E-state index contributed by atoms with van der Waals surface area (Å²) in [6.45, 7) is 8.23. The maximum absolute atomic E-state index is 4.28. The highest BCUT2D eigenvalue weighted by Gasteiger charge is 2.07. The van der Waals surface area contributed by atoms with Crippen molar-refractivity contribution in [1.29, 1.82) is 0 Å². The number of nitrogens with one attached hydrogen (secondary N) is 1. The zero-order valence-corrected chi connectivity index (χ0v) is 12.0. The van der Waals surface area contributed by atoms with Gasteiger partial charge in [0.15, 0.2) is 0 Å². The van der Waals surface area contributed by atoms with Crippen LogP contribution < -0.4 is 5.32 Å². The van der Waals surface area contributed by atoms with Gasteiger partial charge in [-0.15, -0.1) is 10.2 Å². The van der Waals surface area contributed by atoms with Crippen LogP contribution >= 0.6 is 11.3 Å². The van der Waals surface area contributed by atoms with Gasteiger partial charge in [-0.2, -0.15) is 0 Å². The van der Waals surface area contributed by atoms with Crippen LogP contribution in [0.15, 0.2) is 18.2 Å². The van der Waals surface area contributed by atoms with E-state index in [0.29, 0.717) is 0 Å². The van der Waals surface area contributed by atoms with E-state index in [9.17, 15) is 0 Å². The van der Waals surface area contributed by atoms with Gasteiger partial charge >= 0.3 is 0 Å². The smallest absolute Gasteiger partial charge is 0.147 e. The van der Waals surface area contributed by atoms with Crippen LogP contribution in [0.1, 0.15) is 29.5 Å². The molecular formula is C14H19N3S. The Labute approximate surface area is 112 Å². The first-order valence-electron chi connectivity index (χ1n) is 6.31. The van der Waals surface area contributed by atoms with E-state index >= 15 is 0 Å². The molecule has 4 heteroatoms. The number of hydrogen-bond acceptors (Lipinski definition) is 4. The molecule has 0 spiro atoms. The van der Waals surface area contributed by atoms with Gasteiger partial charge in [-0.25, -0.2) is 0 Å². The molecule has 0 aliphatic rings. The maximum Gasteiger partial charge on any atom is 0.147 e. The number of rotatable bonds is 5. The van der Waals surface area contributed by atoms with Crippen molar-refractivity contribution in [2.45, 2.75) is 33.7 Å². The molecule has 1 heterocycles. The molecule has 0 unspecified atom stereocenters. The van der Waals surface area contributed by atoms with Gasteiger partial charge in [0.25, 0.3) is 0 Å². The van der Waals surface area contributed by atoms with E-state index in [1.54, 1.807) is 11.3 Å². The third-order valence-electron chi connectivity index (χ3n) is 2.64. The Bertz CT molecular complexity index is 499. The van der Waals surface area contributed by atoms with E-state index in [1.807, 2.05) is 0 Å². The monoisotopic (exact) mass is 261 g/mol. The lowest BCUT2D eigenvalue weighted by molar-refractivity contribution is 0.668. The fraction of sp³-hybridized carbons (Fsp3) is 0.429. The Hall–Kier alpha value is -1.26. The minimum atomic E-state index is 0.816. The minimum absolute atomic E-state index is 0.816. The second kappa shape index (κ2) is 6.07. The summed E-state index contributed by atoms with van der Waals surface area (Å²) < 4.78 is 0. The number of aryl methyl sites for hydroxylation is 2. The Morgan fingerprint density at radius 3 is 2.50 bits per heavy atom. The van der Waals surface area contributed by atoms with Crippen molar-refractivity contribution in [3.63, 3.8) is 0 Å². The number of nitrogens with zero attached hydrogens (tertiary/aromatic N) is 2. The average molecular weight is 261 g/mol. The second-order valence-electron chi connectivity index (χ2n) is 4.55. The molecule has 0 amide bonds. The average Bonchev–Trinajstić information content (AvgIpc) is 2.77.